The minimum Gasteiger partial charge on any atom is -0.496 e. The molecule has 1 N–H and O–H groups in total. The van der Waals surface area contributed by atoms with E-state index >= 15 is 0 Å². The zero-order valence-corrected chi connectivity index (χ0v) is 12.4. The van der Waals surface area contributed by atoms with Gasteiger partial charge in [0.1, 0.15) is 11.6 Å². The van der Waals surface area contributed by atoms with Crippen LogP contribution in [-0.2, 0) is 0 Å². The zero-order chi connectivity index (χ0) is 15.4. The summed E-state index contributed by atoms with van der Waals surface area (Å²) in [6.45, 7) is 1.72. The molecular formula is C16H15ClFNO2. The van der Waals surface area contributed by atoms with E-state index in [1.54, 1.807) is 37.3 Å². The largest absolute Gasteiger partial charge is 0.496 e. The lowest BCUT2D eigenvalue weighted by molar-refractivity contribution is 0.0936. The van der Waals surface area contributed by atoms with Crippen LogP contribution in [0.2, 0.25) is 5.02 Å². The highest BCUT2D eigenvalue weighted by Gasteiger charge is 2.17. The van der Waals surface area contributed by atoms with E-state index in [0.717, 1.165) is 0 Å². The van der Waals surface area contributed by atoms with Gasteiger partial charge in [-0.05, 0) is 31.2 Å². The van der Waals surface area contributed by atoms with Gasteiger partial charge in [0, 0.05) is 10.6 Å². The van der Waals surface area contributed by atoms with Crippen LogP contribution in [0, 0.1) is 5.82 Å². The first-order chi connectivity index (χ1) is 10.0. The number of methoxy groups -OCH3 is 1. The van der Waals surface area contributed by atoms with Crippen LogP contribution in [-0.4, -0.2) is 13.0 Å². The zero-order valence-electron chi connectivity index (χ0n) is 11.7. The van der Waals surface area contributed by atoms with Gasteiger partial charge >= 0.3 is 0 Å². The van der Waals surface area contributed by atoms with Gasteiger partial charge in [-0.3, -0.25) is 4.79 Å². The van der Waals surface area contributed by atoms with Crippen LogP contribution in [0.5, 0.6) is 5.75 Å². The van der Waals surface area contributed by atoms with Crippen LogP contribution < -0.4 is 10.1 Å². The van der Waals surface area contributed by atoms with Crippen molar-refractivity contribution in [3.63, 3.8) is 0 Å². The molecule has 3 nitrogen and oxygen atoms in total. The molecule has 2 rings (SSSR count). The monoisotopic (exact) mass is 307 g/mol. The van der Waals surface area contributed by atoms with E-state index in [2.05, 4.69) is 5.32 Å². The quantitative estimate of drug-likeness (QED) is 0.928. The van der Waals surface area contributed by atoms with Crippen molar-refractivity contribution in [1.82, 2.24) is 5.32 Å². The molecule has 0 spiro atoms. The Balaban J connectivity index is 2.22. The normalized spacial score (nSPS) is 11.8. The smallest absolute Gasteiger partial charge is 0.255 e. The highest BCUT2D eigenvalue weighted by Crippen LogP contribution is 2.24. The lowest BCUT2D eigenvalue weighted by Gasteiger charge is -2.16. The fraction of sp³-hybridized carbons (Fsp3) is 0.188. The predicted molar refractivity (Wildman–Crippen MR) is 80.3 cm³/mol. The van der Waals surface area contributed by atoms with E-state index in [4.69, 9.17) is 16.3 Å². The third-order valence-corrected chi connectivity index (χ3v) is 3.36. The Morgan fingerprint density at radius 1 is 1.29 bits per heavy atom. The fourth-order valence-electron chi connectivity index (χ4n) is 2.04. The van der Waals surface area contributed by atoms with Gasteiger partial charge in [-0.1, -0.05) is 29.8 Å². The molecule has 0 fully saturated rings. The first-order valence-electron chi connectivity index (χ1n) is 6.41. The molecule has 0 aromatic heterocycles. The maximum atomic E-state index is 13.7. The molecule has 1 amide bonds. The van der Waals surface area contributed by atoms with E-state index < -0.39 is 6.04 Å². The third kappa shape index (κ3) is 3.52. The van der Waals surface area contributed by atoms with Crippen molar-refractivity contribution in [2.75, 3.05) is 7.11 Å². The van der Waals surface area contributed by atoms with Crippen LogP contribution in [0.3, 0.4) is 0 Å². The molecule has 21 heavy (non-hydrogen) atoms. The van der Waals surface area contributed by atoms with E-state index in [9.17, 15) is 9.18 Å². The Bertz CT molecular complexity index is 660. The van der Waals surface area contributed by atoms with E-state index in [1.807, 2.05) is 0 Å². The number of hydrogen-bond acceptors (Lipinski definition) is 2. The van der Waals surface area contributed by atoms with E-state index in [1.165, 1.54) is 19.2 Å². The average Bonchev–Trinajstić information content (AvgIpc) is 2.47. The maximum Gasteiger partial charge on any atom is 0.255 e. The van der Waals surface area contributed by atoms with Crippen molar-refractivity contribution in [2.45, 2.75) is 13.0 Å². The van der Waals surface area contributed by atoms with Crippen LogP contribution in [0.1, 0.15) is 28.9 Å². The number of ether oxygens (including phenoxy) is 1. The van der Waals surface area contributed by atoms with Crippen molar-refractivity contribution in [3.8, 4) is 5.75 Å². The first-order valence-corrected chi connectivity index (χ1v) is 6.79. The van der Waals surface area contributed by atoms with Gasteiger partial charge in [0.15, 0.2) is 0 Å². The van der Waals surface area contributed by atoms with Gasteiger partial charge in [-0.25, -0.2) is 4.39 Å². The maximum absolute atomic E-state index is 13.7. The van der Waals surface area contributed by atoms with Gasteiger partial charge in [-0.2, -0.15) is 0 Å². The number of benzene rings is 2. The second-order valence-corrected chi connectivity index (χ2v) is 5.00. The van der Waals surface area contributed by atoms with Crippen LogP contribution in [0.25, 0.3) is 0 Å². The summed E-state index contributed by atoms with van der Waals surface area (Å²) < 4.78 is 18.8. The van der Waals surface area contributed by atoms with Crippen molar-refractivity contribution < 1.29 is 13.9 Å². The van der Waals surface area contributed by atoms with Crippen molar-refractivity contribution in [2.24, 2.45) is 0 Å². The molecule has 0 aliphatic rings. The summed E-state index contributed by atoms with van der Waals surface area (Å²) in [6, 6.07) is 10.6. The number of rotatable bonds is 4. The molecule has 0 aliphatic heterocycles. The number of amides is 1. The minimum absolute atomic E-state index is 0.313. The lowest BCUT2D eigenvalue weighted by Crippen LogP contribution is -2.27. The molecule has 0 saturated carbocycles. The molecule has 5 heteroatoms. The Labute approximate surface area is 127 Å². The van der Waals surface area contributed by atoms with Crippen LogP contribution in [0.4, 0.5) is 4.39 Å². The summed E-state index contributed by atoms with van der Waals surface area (Å²) >= 11 is 5.90. The van der Waals surface area contributed by atoms with Crippen molar-refractivity contribution in [3.05, 3.63) is 64.4 Å². The molecule has 0 heterocycles. The van der Waals surface area contributed by atoms with Gasteiger partial charge in [-0.15, -0.1) is 0 Å². The molecule has 2 aromatic carbocycles. The summed E-state index contributed by atoms with van der Waals surface area (Å²) in [6.07, 6.45) is 0. The van der Waals surface area contributed by atoms with E-state index in [0.29, 0.717) is 21.9 Å². The van der Waals surface area contributed by atoms with Gasteiger partial charge in [0.25, 0.3) is 5.91 Å². The van der Waals surface area contributed by atoms with Gasteiger partial charge in [0.2, 0.25) is 0 Å². The molecule has 1 atom stereocenters. The summed E-state index contributed by atoms with van der Waals surface area (Å²) in [5, 5.41) is 3.17. The van der Waals surface area contributed by atoms with Gasteiger partial charge in [0.05, 0.1) is 18.7 Å². The standard InChI is InChI=1S/C16H15ClFNO2/c1-10(12-5-3-4-6-14(12)18)19-16(20)13-9-11(17)7-8-15(13)21-2/h3-10H,1-2H3,(H,19,20)/t10-/m0/s1. The molecule has 110 valence electrons. The summed E-state index contributed by atoms with van der Waals surface area (Å²) in [4.78, 5) is 12.3. The molecule has 0 bridgehead atoms. The van der Waals surface area contributed by atoms with Crippen molar-refractivity contribution in [1.29, 1.82) is 0 Å². The molecule has 2 aromatic rings. The Morgan fingerprint density at radius 2 is 2.00 bits per heavy atom. The highest BCUT2D eigenvalue weighted by atomic mass is 35.5. The van der Waals surface area contributed by atoms with Gasteiger partial charge < -0.3 is 10.1 Å². The topological polar surface area (TPSA) is 38.3 Å². The predicted octanol–water partition coefficient (Wildman–Crippen LogP) is 3.98. The van der Waals surface area contributed by atoms with Crippen LogP contribution in [0.15, 0.2) is 42.5 Å². The Kier molecular flexibility index (Phi) is 4.81. The minimum atomic E-state index is -0.470. The number of carbonyl (C=O) groups excluding carboxylic acids is 1. The number of halogens is 2. The molecule has 0 radical (unpaired) electrons. The van der Waals surface area contributed by atoms with E-state index in [-0.39, 0.29) is 11.7 Å². The molecule has 0 saturated heterocycles. The second-order valence-electron chi connectivity index (χ2n) is 4.56. The Morgan fingerprint density at radius 3 is 2.67 bits per heavy atom. The third-order valence-electron chi connectivity index (χ3n) is 3.13. The molecule has 0 aliphatic carbocycles. The average molecular weight is 308 g/mol. The van der Waals surface area contributed by atoms with Crippen LogP contribution >= 0.6 is 11.6 Å². The lowest BCUT2D eigenvalue weighted by atomic mass is 10.1. The SMILES string of the molecule is COc1ccc(Cl)cc1C(=O)N[C@@H](C)c1ccccc1F. The van der Waals surface area contributed by atoms with Crippen molar-refractivity contribution >= 4 is 17.5 Å². The fourth-order valence-corrected chi connectivity index (χ4v) is 2.21. The molecule has 0 unspecified atom stereocenters. The molecular weight excluding hydrogens is 293 g/mol. The summed E-state index contributed by atoms with van der Waals surface area (Å²) in [7, 11) is 1.47. The highest BCUT2D eigenvalue weighted by molar-refractivity contribution is 6.31. The summed E-state index contributed by atoms with van der Waals surface area (Å²) in [5.74, 6) is -0.314. The number of nitrogens with one attached hydrogen (secondary N) is 1. The Hall–Kier alpha value is -2.07. The summed E-state index contributed by atoms with van der Waals surface area (Å²) in [5.41, 5.74) is 0.736. The number of carbonyl (C=O) groups is 1. The first kappa shape index (κ1) is 15.3. The second kappa shape index (κ2) is 6.59. The number of hydrogen-bond donors (Lipinski definition) is 1.